The fourth-order valence-electron chi connectivity index (χ4n) is 1.76. The minimum atomic E-state index is 1.07. The lowest BCUT2D eigenvalue weighted by molar-refractivity contribution is 1.14. The van der Waals surface area contributed by atoms with Gasteiger partial charge in [-0.3, -0.25) is 4.98 Å². The number of fused-ring (bicyclic) bond motifs is 1. The number of hydrogen-bond acceptors (Lipinski definition) is 1. The summed E-state index contributed by atoms with van der Waals surface area (Å²) in [5.74, 6) is 0. The highest BCUT2D eigenvalue weighted by molar-refractivity contribution is 5.85. The Morgan fingerprint density at radius 3 is 2.85 bits per heavy atom. The first kappa shape index (κ1) is 8.24. The number of nitrogens with zero attached hydrogens (tertiary/aromatic N) is 1. The Morgan fingerprint density at radius 2 is 2.08 bits per heavy atom. The minimum absolute atomic E-state index is 1.07. The zero-order valence-corrected chi connectivity index (χ0v) is 8.04. The number of benzene rings is 1. The van der Waals surface area contributed by atoms with Gasteiger partial charge in [-0.05, 0) is 36.6 Å². The molecule has 0 saturated carbocycles. The van der Waals surface area contributed by atoms with E-state index >= 15 is 0 Å². The van der Waals surface area contributed by atoms with Crippen LogP contribution in [-0.4, -0.2) is 4.98 Å². The van der Waals surface area contributed by atoms with Gasteiger partial charge in [0.05, 0.1) is 5.52 Å². The molecule has 0 atom stereocenters. The van der Waals surface area contributed by atoms with Gasteiger partial charge in [0.15, 0.2) is 0 Å². The minimum Gasteiger partial charge on any atom is -0.256 e. The van der Waals surface area contributed by atoms with Crippen molar-refractivity contribution in [3.63, 3.8) is 0 Å². The van der Waals surface area contributed by atoms with Crippen LogP contribution in [0.25, 0.3) is 10.9 Å². The molecule has 13 heavy (non-hydrogen) atoms. The molecule has 2 aromatic rings. The van der Waals surface area contributed by atoms with E-state index in [1.165, 1.54) is 16.5 Å². The molecule has 0 bridgehead atoms. The summed E-state index contributed by atoms with van der Waals surface area (Å²) in [6.07, 6.45) is 2.96. The lowest BCUT2D eigenvalue weighted by Crippen LogP contribution is -1.88. The lowest BCUT2D eigenvalue weighted by atomic mass is 10.0. The van der Waals surface area contributed by atoms with Gasteiger partial charge >= 0.3 is 0 Å². The number of aromatic nitrogens is 1. The van der Waals surface area contributed by atoms with E-state index in [9.17, 15) is 0 Å². The predicted molar refractivity (Wildman–Crippen MR) is 55.9 cm³/mol. The molecule has 0 spiro atoms. The Kier molecular flexibility index (Phi) is 2.01. The monoisotopic (exact) mass is 171 g/mol. The molecule has 0 aliphatic rings. The Morgan fingerprint density at radius 1 is 1.23 bits per heavy atom. The molecule has 0 radical (unpaired) electrons. The van der Waals surface area contributed by atoms with E-state index in [1.807, 2.05) is 6.20 Å². The standard InChI is InChI=1S/C12H13N/c1-3-10-7-8-13-11-6-4-5-9(2)12(10)11/h4-8H,3H2,1-2H3. The fourth-order valence-corrected chi connectivity index (χ4v) is 1.76. The highest BCUT2D eigenvalue weighted by Crippen LogP contribution is 2.20. The van der Waals surface area contributed by atoms with E-state index < -0.39 is 0 Å². The summed E-state index contributed by atoms with van der Waals surface area (Å²) in [5, 5.41) is 1.33. The zero-order valence-electron chi connectivity index (χ0n) is 8.04. The second-order valence-electron chi connectivity index (χ2n) is 3.29. The van der Waals surface area contributed by atoms with E-state index in [0.29, 0.717) is 0 Å². The summed E-state index contributed by atoms with van der Waals surface area (Å²) >= 11 is 0. The molecule has 2 rings (SSSR count). The third kappa shape index (κ3) is 1.31. The molecule has 0 aliphatic carbocycles. The molecule has 1 heterocycles. The van der Waals surface area contributed by atoms with Gasteiger partial charge in [0.2, 0.25) is 0 Å². The molecule has 0 N–H and O–H groups in total. The Labute approximate surface area is 78.4 Å². The van der Waals surface area contributed by atoms with Gasteiger partial charge in [0.25, 0.3) is 0 Å². The summed E-state index contributed by atoms with van der Waals surface area (Å²) in [4.78, 5) is 4.35. The molecule has 1 heteroatoms. The van der Waals surface area contributed by atoms with Crippen LogP contribution in [0.4, 0.5) is 0 Å². The largest absolute Gasteiger partial charge is 0.256 e. The molecule has 1 aromatic carbocycles. The lowest BCUT2D eigenvalue weighted by Gasteiger charge is -2.05. The summed E-state index contributed by atoms with van der Waals surface area (Å²) < 4.78 is 0. The van der Waals surface area contributed by atoms with E-state index in [4.69, 9.17) is 0 Å². The van der Waals surface area contributed by atoms with Gasteiger partial charge in [-0.15, -0.1) is 0 Å². The molecule has 0 saturated heterocycles. The number of aryl methyl sites for hydroxylation is 2. The van der Waals surface area contributed by atoms with Crippen LogP contribution in [0.2, 0.25) is 0 Å². The molecule has 1 aromatic heterocycles. The van der Waals surface area contributed by atoms with Gasteiger partial charge < -0.3 is 0 Å². The van der Waals surface area contributed by atoms with Crippen LogP contribution in [-0.2, 0) is 6.42 Å². The summed E-state index contributed by atoms with van der Waals surface area (Å²) in [6, 6.07) is 8.38. The van der Waals surface area contributed by atoms with Crippen LogP contribution in [0, 0.1) is 6.92 Å². The molecule has 0 amide bonds. The van der Waals surface area contributed by atoms with Gasteiger partial charge in [-0.2, -0.15) is 0 Å². The molecule has 0 fully saturated rings. The van der Waals surface area contributed by atoms with Gasteiger partial charge in [-0.25, -0.2) is 0 Å². The second-order valence-corrected chi connectivity index (χ2v) is 3.29. The van der Waals surface area contributed by atoms with Crippen LogP contribution < -0.4 is 0 Å². The average Bonchev–Trinajstić information content (AvgIpc) is 2.17. The average molecular weight is 171 g/mol. The maximum atomic E-state index is 4.35. The topological polar surface area (TPSA) is 12.9 Å². The highest BCUT2D eigenvalue weighted by atomic mass is 14.6. The SMILES string of the molecule is CCc1ccnc2cccc(C)c12. The molecular formula is C12H13N. The van der Waals surface area contributed by atoms with Gasteiger partial charge in [0, 0.05) is 11.6 Å². The second kappa shape index (κ2) is 3.17. The van der Waals surface area contributed by atoms with Crippen molar-refractivity contribution in [1.29, 1.82) is 0 Å². The number of rotatable bonds is 1. The summed E-state index contributed by atoms with van der Waals surface area (Å²) in [6.45, 7) is 4.32. The third-order valence-electron chi connectivity index (χ3n) is 2.44. The summed E-state index contributed by atoms with van der Waals surface area (Å²) in [7, 11) is 0. The van der Waals surface area contributed by atoms with Crippen LogP contribution in [0.5, 0.6) is 0 Å². The van der Waals surface area contributed by atoms with E-state index in [-0.39, 0.29) is 0 Å². The maximum absolute atomic E-state index is 4.35. The quantitative estimate of drug-likeness (QED) is 0.642. The van der Waals surface area contributed by atoms with Crippen molar-refractivity contribution in [2.45, 2.75) is 20.3 Å². The van der Waals surface area contributed by atoms with Crippen LogP contribution in [0.1, 0.15) is 18.1 Å². The van der Waals surface area contributed by atoms with Crippen LogP contribution in [0.15, 0.2) is 30.5 Å². The van der Waals surface area contributed by atoms with E-state index in [1.54, 1.807) is 0 Å². The van der Waals surface area contributed by atoms with Gasteiger partial charge in [0.1, 0.15) is 0 Å². The molecular weight excluding hydrogens is 158 g/mol. The Bertz CT molecular complexity index is 427. The van der Waals surface area contributed by atoms with Crippen LogP contribution >= 0.6 is 0 Å². The molecule has 0 unspecified atom stereocenters. The van der Waals surface area contributed by atoms with Crippen molar-refractivity contribution in [2.24, 2.45) is 0 Å². The van der Waals surface area contributed by atoms with Crippen molar-refractivity contribution in [2.75, 3.05) is 0 Å². The predicted octanol–water partition coefficient (Wildman–Crippen LogP) is 3.11. The van der Waals surface area contributed by atoms with Crippen molar-refractivity contribution in [3.8, 4) is 0 Å². The van der Waals surface area contributed by atoms with Crippen molar-refractivity contribution in [3.05, 3.63) is 41.6 Å². The number of hydrogen-bond donors (Lipinski definition) is 0. The first-order valence-corrected chi connectivity index (χ1v) is 4.66. The van der Waals surface area contributed by atoms with Crippen molar-refractivity contribution >= 4 is 10.9 Å². The normalized spacial score (nSPS) is 10.6. The zero-order chi connectivity index (χ0) is 9.26. The molecule has 1 nitrogen and oxygen atoms in total. The number of pyridine rings is 1. The van der Waals surface area contributed by atoms with Crippen molar-refractivity contribution < 1.29 is 0 Å². The fraction of sp³-hybridized carbons (Fsp3) is 0.250. The summed E-state index contributed by atoms with van der Waals surface area (Å²) in [5.41, 5.74) is 3.82. The first-order valence-electron chi connectivity index (χ1n) is 4.66. The van der Waals surface area contributed by atoms with Gasteiger partial charge in [-0.1, -0.05) is 19.1 Å². The maximum Gasteiger partial charge on any atom is 0.0707 e. The smallest absolute Gasteiger partial charge is 0.0707 e. The Hall–Kier alpha value is -1.37. The molecule has 0 aliphatic heterocycles. The van der Waals surface area contributed by atoms with Crippen LogP contribution in [0.3, 0.4) is 0 Å². The first-order chi connectivity index (χ1) is 6.33. The highest BCUT2D eigenvalue weighted by Gasteiger charge is 2.01. The van der Waals surface area contributed by atoms with E-state index in [2.05, 4.69) is 43.1 Å². The van der Waals surface area contributed by atoms with E-state index in [0.717, 1.165) is 11.9 Å². The molecule has 66 valence electrons. The van der Waals surface area contributed by atoms with Crippen molar-refractivity contribution in [1.82, 2.24) is 4.98 Å². The Balaban J connectivity index is 2.87. The third-order valence-corrected chi connectivity index (χ3v) is 2.44.